The molecule has 0 N–H and O–H groups in total. The maximum atomic E-state index is 12.2. The van der Waals surface area contributed by atoms with Gasteiger partial charge in [0.15, 0.2) is 0 Å². The molecule has 0 aliphatic heterocycles. The molecule has 2 aromatic rings. The van der Waals surface area contributed by atoms with Gasteiger partial charge in [-0.25, -0.2) is 4.79 Å². The van der Waals surface area contributed by atoms with Crippen molar-refractivity contribution in [1.82, 2.24) is 0 Å². The molecule has 0 bridgehead atoms. The van der Waals surface area contributed by atoms with Crippen molar-refractivity contribution in [1.29, 1.82) is 5.26 Å². The maximum Gasteiger partial charge on any atom is 0.348 e. The standard InChI is InChI=1S/C23H25NO2Si/c1-27(2,3)17-16-26-23(25)21(18-24)14-15-22(19-10-6-4-7-11-19)20-12-8-5-9-13-20/h4-15H,16-17H2,1-3H3. The van der Waals surface area contributed by atoms with Gasteiger partial charge in [0.05, 0.1) is 6.61 Å². The van der Waals surface area contributed by atoms with Crippen LogP contribution in [0.5, 0.6) is 0 Å². The lowest BCUT2D eigenvalue weighted by Crippen LogP contribution is -2.23. The molecule has 0 atom stereocenters. The maximum absolute atomic E-state index is 12.2. The first-order valence-corrected chi connectivity index (χ1v) is 12.7. The van der Waals surface area contributed by atoms with Gasteiger partial charge < -0.3 is 4.74 Å². The Kier molecular flexibility index (Phi) is 7.33. The quantitative estimate of drug-likeness (QED) is 0.213. The van der Waals surface area contributed by atoms with Crippen LogP contribution in [0, 0.1) is 11.3 Å². The van der Waals surface area contributed by atoms with Crippen LogP contribution in [0.4, 0.5) is 0 Å². The number of esters is 1. The Bertz CT molecular complexity index is 815. The molecule has 0 aliphatic carbocycles. The summed E-state index contributed by atoms with van der Waals surface area (Å²) in [5, 5.41) is 9.37. The van der Waals surface area contributed by atoms with E-state index < -0.39 is 14.0 Å². The third-order valence-corrected chi connectivity index (χ3v) is 5.72. The Balaban J connectivity index is 2.27. The van der Waals surface area contributed by atoms with E-state index in [1.54, 1.807) is 6.08 Å². The molecule has 0 unspecified atom stereocenters. The van der Waals surface area contributed by atoms with Crippen LogP contribution in [0.25, 0.3) is 5.57 Å². The van der Waals surface area contributed by atoms with Gasteiger partial charge in [-0.15, -0.1) is 0 Å². The first-order valence-electron chi connectivity index (χ1n) is 9.01. The lowest BCUT2D eigenvalue weighted by atomic mass is 9.97. The number of hydrogen-bond donors (Lipinski definition) is 0. The highest BCUT2D eigenvalue weighted by Crippen LogP contribution is 2.23. The van der Waals surface area contributed by atoms with Crippen LogP contribution in [0.15, 0.2) is 78.4 Å². The SMILES string of the molecule is C[Si](C)(C)CCOC(=O)C(C#N)=CC=C(c1ccccc1)c1ccccc1. The summed E-state index contributed by atoms with van der Waals surface area (Å²) in [5.74, 6) is -0.563. The van der Waals surface area contributed by atoms with Crippen LogP contribution in [0.1, 0.15) is 11.1 Å². The summed E-state index contributed by atoms with van der Waals surface area (Å²) < 4.78 is 5.29. The summed E-state index contributed by atoms with van der Waals surface area (Å²) >= 11 is 0. The van der Waals surface area contributed by atoms with Crippen molar-refractivity contribution in [2.45, 2.75) is 25.7 Å². The highest BCUT2D eigenvalue weighted by Gasteiger charge is 2.15. The van der Waals surface area contributed by atoms with Crippen molar-refractivity contribution < 1.29 is 9.53 Å². The molecular weight excluding hydrogens is 350 g/mol. The molecule has 0 heterocycles. The van der Waals surface area contributed by atoms with Crippen LogP contribution in [-0.2, 0) is 9.53 Å². The van der Waals surface area contributed by atoms with Crippen LogP contribution < -0.4 is 0 Å². The fraction of sp³-hybridized carbons (Fsp3) is 0.217. The minimum atomic E-state index is -1.29. The molecule has 2 aromatic carbocycles. The predicted molar refractivity (Wildman–Crippen MR) is 113 cm³/mol. The van der Waals surface area contributed by atoms with E-state index in [1.165, 1.54) is 0 Å². The fourth-order valence-corrected chi connectivity index (χ4v) is 3.15. The first kappa shape index (κ1) is 20.4. The minimum absolute atomic E-state index is 0.00920. The van der Waals surface area contributed by atoms with Crippen molar-refractivity contribution in [3.63, 3.8) is 0 Å². The van der Waals surface area contributed by atoms with E-state index in [-0.39, 0.29) is 5.57 Å². The Morgan fingerprint density at radius 2 is 1.48 bits per heavy atom. The number of nitriles is 1. The van der Waals surface area contributed by atoms with Crippen LogP contribution in [0.3, 0.4) is 0 Å². The molecule has 0 saturated heterocycles. The smallest absolute Gasteiger partial charge is 0.348 e. The molecule has 0 saturated carbocycles. The second-order valence-electron chi connectivity index (χ2n) is 7.45. The van der Waals surface area contributed by atoms with Crippen molar-refractivity contribution in [2.24, 2.45) is 0 Å². The van der Waals surface area contributed by atoms with Crippen LogP contribution in [-0.4, -0.2) is 20.7 Å². The number of carbonyl (C=O) groups is 1. The highest BCUT2D eigenvalue weighted by atomic mass is 28.3. The third-order valence-electron chi connectivity index (χ3n) is 4.01. The number of carbonyl (C=O) groups excluding carboxylic acids is 1. The van der Waals surface area contributed by atoms with Crippen LogP contribution >= 0.6 is 0 Å². The van der Waals surface area contributed by atoms with E-state index in [4.69, 9.17) is 4.74 Å². The van der Waals surface area contributed by atoms with E-state index in [2.05, 4.69) is 19.6 Å². The zero-order valence-corrected chi connectivity index (χ0v) is 17.1. The summed E-state index contributed by atoms with van der Waals surface area (Å²) in [6.45, 7) is 7.02. The van der Waals surface area contributed by atoms with Crippen molar-refractivity contribution in [3.8, 4) is 6.07 Å². The Morgan fingerprint density at radius 3 is 1.93 bits per heavy atom. The summed E-state index contributed by atoms with van der Waals surface area (Å²) in [6, 6.07) is 22.6. The van der Waals surface area contributed by atoms with Gasteiger partial charge in [-0.05, 0) is 28.8 Å². The van der Waals surface area contributed by atoms with Gasteiger partial charge >= 0.3 is 5.97 Å². The molecule has 0 radical (unpaired) electrons. The number of rotatable bonds is 7. The average Bonchev–Trinajstić information content (AvgIpc) is 2.65. The van der Waals surface area contributed by atoms with E-state index in [9.17, 15) is 10.1 Å². The van der Waals surface area contributed by atoms with E-state index in [1.807, 2.05) is 72.8 Å². The van der Waals surface area contributed by atoms with E-state index in [0.717, 1.165) is 22.7 Å². The number of benzene rings is 2. The van der Waals surface area contributed by atoms with Gasteiger partial charge in [-0.2, -0.15) is 5.26 Å². The van der Waals surface area contributed by atoms with E-state index >= 15 is 0 Å². The van der Waals surface area contributed by atoms with Crippen molar-refractivity contribution in [2.75, 3.05) is 6.61 Å². The summed E-state index contributed by atoms with van der Waals surface area (Å²) in [5.41, 5.74) is 2.99. The number of nitrogens with zero attached hydrogens (tertiary/aromatic N) is 1. The van der Waals surface area contributed by atoms with Gasteiger partial charge in [0.1, 0.15) is 11.6 Å². The molecule has 0 amide bonds. The number of hydrogen-bond acceptors (Lipinski definition) is 3. The summed E-state index contributed by atoms with van der Waals surface area (Å²) in [4.78, 5) is 12.2. The average molecular weight is 376 g/mol. The largest absolute Gasteiger partial charge is 0.462 e. The molecule has 27 heavy (non-hydrogen) atoms. The predicted octanol–water partition coefficient (Wildman–Crippen LogP) is 5.45. The number of allylic oxidation sites excluding steroid dienone is 2. The molecule has 2 rings (SSSR count). The molecular formula is C23H25NO2Si. The Morgan fingerprint density at radius 1 is 0.963 bits per heavy atom. The Labute approximate surface area is 162 Å². The molecule has 0 aliphatic rings. The second-order valence-corrected chi connectivity index (χ2v) is 13.1. The fourth-order valence-electron chi connectivity index (χ4n) is 2.44. The van der Waals surface area contributed by atoms with Gasteiger partial charge in [-0.3, -0.25) is 0 Å². The summed E-state index contributed by atoms with van der Waals surface area (Å²) in [7, 11) is -1.29. The third kappa shape index (κ3) is 6.73. The van der Waals surface area contributed by atoms with Gasteiger partial charge in [0, 0.05) is 8.07 Å². The molecule has 0 aromatic heterocycles. The monoisotopic (exact) mass is 375 g/mol. The topological polar surface area (TPSA) is 50.1 Å². The highest BCUT2D eigenvalue weighted by molar-refractivity contribution is 6.76. The lowest BCUT2D eigenvalue weighted by Gasteiger charge is -2.15. The van der Waals surface area contributed by atoms with Crippen molar-refractivity contribution >= 4 is 19.6 Å². The minimum Gasteiger partial charge on any atom is -0.462 e. The molecule has 138 valence electrons. The molecule has 4 heteroatoms. The van der Waals surface area contributed by atoms with Gasteiger partial charge in [0.25, 0.3) is 0 Å². The Hall–Kier alpha value is -2.90. The van der Waals surface area contributed by atoms with E-state index in [0.29, 0.717) is 6.61 Å². The molecule has 0 spiro atoms. The van der Waals surface area contributed by atoms with Crippen LogP contribution in [0.2, 0.25) is 25.7 Å². The number of ether oxygens (including phenoxy) is 1. The van der Waals surface area contributed by atoms with Crippen molar-refractivity contribution in [3.05, 3.63) is 89.5 Å². The zero-order valence-electron chi connectivity index (χ0n) is 16.1. The lowest BCUT2D eigenvalue weighted by molar-refractivity contribution is -0.138. The second kappa shape index (κ2) is 9.70. The summed E-state index contributed by atoms with van der Waals surface area (Å²) in [6.07, 6.45) is 3.36. The van der Waals surface area contributed by atoms with Gasteiger partial charge in [-0.1, -0.05) is 86.4 Å². The molecule has 3 nitrogen and oxygen atoms in total. The molecule has 0 fully saturated rings. The van der Waals surface area contributed by atoms with Gasteiger partial charge in [0.2, 0.25) is 0 Å². The normalized spacial score (nSPS) is 11.4. The zero-order chi connectivity index (χ0) is 19.7. The first-order chi connectivity index (χ1) is 12.9.